The average molecular weight is 267 g/mol. The normalized spacial score (nSPS) is 11.3. The molecule has 0 radical (unpaired) electrons. The number of benzene rings is 1. The molecule has 1 heterocycles. The second-order valence-corrected chi connectivity index (χ2v) is 3.89. The van der Waals surface area contributed by atoms with Crippen molar-refractivity contribution < 1.29 is 14.3 Å². The van der Waals surface area contributed by atoms with Crippen molar-refractivity contribution in [3.8, 4) is 0 Å². The van der Waals surface area contributed by atoms with Crippen LogP contribution in [0.5, 0.6) is 0 Å². The van der Waals surface area contributed by atoms with Crippen LogP contribution in [-0.4, -0.2) is 10.9 Å². The Morgan fingerprint density at radius 2 is 2.20 bits per heavy atom. The van der Waals surface area contributed by atoms with Crippen molar-refractivity contribution in [1.29, 1.82) is 0 Å². The van der Waals surface area contributed by atoms with Gasteiger partial charge in [-0.2, -0.15) is 0 Å². The summed E-state index contributed by atoms with van der Waals surface area (Å²) in [6.45, 7) is 0. The fourth-order valence-corrected chi connectivity index (χ4v) is 1.66. The number of carbonyl (C=O) groups is 1. The van der Waals surface area contributed by atoms with Crippen molar-refractivity contribution >= 4 is 32.7 Å². The van der Waals surface area contributed by atoms with Gasteiger partial charge in [-0.3, -0.25) is 4.79 Å². The van der Waals surface area contributed by atoms with E-state index in [0.717, 1.165) is 15.9 Å². The Morgan fingerprint density at radius 1 is 1.40 bits per heavy atom. The molecule has 76 valence electrons. The zero-order valence-electron chi connectivity index (χ0n) is 7.61. The minimum Gasteiger partial charge on any atom is -0.515 e. The summed E-state index contributed by atoms with van der Waals surface area (Å²) in [4.78, 5) is 11.3. The van der Waals surface area contributed by atoms with E-state index in [1.165, 1.54) is 0 Å². The van der Waals surface area contributed by atoms with E-state index in [-0.39, 0.29) is 11.5 Å². The van der Waals surface area contributed by atoms with Crippen LogP contribution in [0.1, 0.15) is 10.6 Å². The molecule has 0 aliphatic rings. The van der Waals surface area contributed by atoms with Gasteiger partial charge in [-0.05, 0) is 24.3 Å². The van der Waals surface area contributed by atoms with Crippen LogP contribution in [-0.2, 0) is 0 Å². The molecule has 1 aromatic carbocycles. The van der Waals surface area contributed by atoms with Crippen LogP contribution in [0, 0.1) is 0 Å². The molecule has 15 heavy (non-hydrogen) atoms. The van der Waals surface area contributed by atoms with Crippen LogP contribution in [0.2, 0.25) is 0 Å². The molecule has 1 aromatic heterocycles. The summed E-state index contributed by atoms with van der Waals surface area (Å²) in [5.41, 5.74) is 0.646. The molecular weight excluding hydrogens is 260 g/mol. The number of hydrogen-bond donors (Lipinski definition) is 1. The number of fused-ring (bicyclic) bond motifs is 1. The molecule has 0 aliphatic heterocycles. The van der Waals surface area contributed by atoms with Gasteiger partial charge in [0.2, 0.25) is 5.78 Å². The Hall–Kier alpha value is -1.55. The van der Waals surface area contributed by atoms with Gasteiger partial charge >= 0.3 is 0 Å². The Kier molecular flexibility index (Phi) is 2.60. The summed E-state index contributed by atoms with van der Waals surface area (Å²) in [7, 11) is 0. The molecule has 0 atom stereocenters. The van der Waals surface area contributed by atoms with E-state index in [2.05, 4.69) is 15.9 Å². The molecule has 3 nitrogen and oxygen atoms in total. The smallest absolute Gasteiger partial charge is 0.224 e. The maximum atomic E-state index is 11.3. The molecule has 4 heteroatoms. The molecule has 0 unspecified atom stereocenters. The molecule has 0 spiro atoms. The second-order valence-electron chi connectivity index (χ2n) is 2.97. The summed E-state index contributed by atoms with van der Waals surface area (Å²) in [5, 5.41) is 9.31. The third-order valence-electron chi connectivity index (χ3n) is 1.95. The van der Waals surface area contributed by atoms with E-state index in [1.54, 1.807) is 12.1 Å². The molecule has 2 aromatic rings. The van der Waals surface area contributed by atoms with Gasteiger partial charge in [0.15, 0.2) is 5.76 Å². The lowest BCUT2D eigenvalue weighted by atomic mass is 10.2. The first-order valence-electron chi connectivity index (χ1n) is 4.25. The van der Waals surface area contributed by atoms with Crippen LogP contribution in [0.25, 0.3) is 11.0 Å². The predicted molar refractivity (Wildman–Crippen MR) is 60.0 cm³/mol. The number of hydrogen-bond acceptors (Lipinski definition) is 3. The molecule has 0 saturated heterocycles. The Labute approximate surface area is 94.1 Å². The van der Waals surface area contributed by atoms with Crippen LogP contribution in [0.4, 0.5) is 0 Å². The first kappa shape index (κ1) is 9.98. The lowest BCUT2D eigenvalue weighted by molar-refractivity contribution is 0.102. The lowest BCUT2D eigenvalue weighted by Crippen LogP contribution is -1.89. The molecular formula is C11H7BrO3. The summed E-state index contributed by atoms with van der Waals surface area (Å²) < 4.78 is 6.23. The predicted octanol–water partition coefficient (Wildman–Crippen LogP) is 3.45. The van der Waals surface area contributed by atoms with Gasteiger partial charge in [0.25, 0.3) is 0 Å². The first-order valence-corrected chi connectivity index (χ1v) is 5.04. The van der Waals surface area contributed by atoms with Crippen molar-refractivity contribution in [3.63, 3.8) is 0 Å². The minimum atomic E-state index is -0.357. The van der Waals surface area contributed by atoms with Crippen LogP contribution in [0.15, 0.2) is 45.5 Å². The van der Waals surface area contributed by atoms with Crippen molar-refractivity contribution in [2.45, 2.75) is 0 Å². The molecule has 0 bridgehead atoms. The van der Waals surface area contributed by atoms with Gasteiger partial charge in [-0.25, -0.2) is 0 Å². The SMILES string of the molecule is O=C(/C=C/O)c1cc2cc(Br)ccc2o1. The van der Waals surface area contributed by atoms with Crippen LogP contribution in [0.3, 0.4) is 0 Å². The van der Waals surface area contributed by atoms with Crippen molar-refractivity contribution in [3.05, 3.63) is 46.8 Å². The number of halogens is 1. The van der Waals surface area contributed by atoms with Gasteiger partial charge < -0.3 is 9.52 Å². The quantitative estimate of drug-likeness (QED) is 0.515. The fourth-order valence-electron chi connectivity index (χ4n) is 1.29. The highest BCUT2D eigenvalue weighted by molar-refractivity contribution is 9.10. The molecule has 0 saturated carbocycles. The maximum Gasteiger partial charge on any atom is 0.224 e. The van der Waals surface area contributed by atoms with Crippen molar-refractivity contribution in [2.75, 3.05) is 0 Å². The molecule has 0 fully saturated rings. The molecule has 0 amide bonds. The number of aliphatic hydroxyl groups excluding tert-OH is 1. The third-order valence-corrected chi connectivity index (χ3v) is 2.44. The van der Waals surface area contributed by atoms with E-state index in [1.807, 2.05) is 12.1 Å². The second kappa shape index (κ2) is 3.90. The van der Waals surface area contributed by atoms with Crippen molar-refractivity contribution in [2.24, 2.45) is 0 Å². The van der Waals surface area contributed by atoms with Crippen molar-refractivity contribution in [1.82, 2.24) is 0 Å². The maximum absolute atomic E-state index is 11.3. The highest BCUT2D eigenvalue weighted by Gasteiger charge is 2.09. The average Bonchev–Trinajstić information content (AvgIpc) is 2.60. The van der Waals surface area contributed by atoms with Crippen LogP contribution >= 0.6 is 15.9 Å². The summed E-state index contributed by atoms with van der Waals surface area (Å²) in [6.07, 6.45) is 1.75. The topological polar surface area (TPSA) is 50.4 Å². The summed E-state index contributed by atoms with van der Waals surface area (Å²) in [6, 6.07) is 7.11. The van der Waals surface area contributed by atoms with Gasteiger partial charge in [-0.15, -0.1) is 0 Å². The van der Waals surface area contributed by atoms with Gasteiger partial charge in [0.05, 0.1) is 6.26 Å². The number of furan rings is 1. The zero-order valence-corrected chi connectivity index (χ0v) is 9.19. The van der Waals surface area contributed by atoms with E-state index in [4.69, 9.17) is 9.52 Å². The molecule has 0 aliphatic carbocycles. The fraction of sp³-hybridized carbons (Fsp3) is 0. The van der Waals surface area contributed by atoms with Gasteiger partial charge in [-0.1, -0.05) is 15.9 Å². The first-order chi connectivity index (χ1) is 7.20. The third kappa shape index (κ3) is 1.94. The van der Waals surface area contributed by atoms with E-state index in [9.17, 15) is 4.79 Å². The number of ketones is 1. The van der Waals surface area contributed by atoms with E-state index in [0.29, 0.717) is 11.8 Å². The number of rotatable bonds is 2. The Balaban J connectivity index is 2.51. The Bertz CT molecular complexity index is 540. The summed E-state index contributed by atoms with van der Waals surface area (Å²) in [5.74, 6) is -0.141. The Morgan fingerprint density at radius 3 is 2.93 bits per heavy atom. The number of aliphatic hydroxyl groups is 1. The highest BCUT2D eigenvalue weighted by atomic mass is 79.9. The largest absolute Gasteiger partial charge is 0.515 e. The monoisotopic (exact) mass is 266 g/mol. The molecule has 2 rings (SSSR count). The van der Waals surface area contributed by atoms with Gasteiger partial charge in [0.1, 0.15) is 5.58 Å². The molecule has 1 N–H and O–H groups in total. The minimum absolute atomic E-state index is 0.216. The van der Waals surface area contributed by atoms with E-state index >= 15 is 0 Å². The van der Waals surface area contributed by atoms with Crippen LogP contribution < -0.4 is 0 Å². The summed E-state index contributed by atoms with van der Waals surface area (Å²) >= 11 is 3.33. The standard InChI is InChI=1S/C11H7BrO3/c12-8-1-2-10-7(5-8)6-11(15-10)9(14)3-4-13/h1-6,13H/b4-3+. The van der Waals surface area contributed by atoms with E-state index < -0.39 is 0 Å². The number of allylic oxidation sites excluding steroid dienone is 1. The van der Waals surface area contributed by atoms with Gasteiger partial charge in [0, 0.05) is 15.9 Å². The zero-order chi connectivity index (χ0) is 10.8. The number of carbonyl (C=O) groups excluding carboxylic acids is 1. The lowest BCUT2D eigenvalue weighted by Gasteiger charge is -1.88. The highest BCUT2D eigenvalue weighted by Crippen LogP contribution is 2.23.